The summed E-state index contributed by atoms with van der Waals surface area (Å²) in [6.07, 6.45) is 7.54. The van der Waals surface area contributed by atoms with Crippen LogP contribution in [0.2, 0.25) is 0 Å². The fourth-order valence-corrected chi connectivity index (χ4v) is 9.41. The highest BCUT2D eigenvalue weighted by Crippen LogP contribution is 2.40. The molecule has 1 fully saturated rings. The van der Waals surface area contributed by atoms with Gasteiger partial charge in [0.15, 0.2) is 5.78 Å². The van der Waals surface area contributed by atoms with Crippen molar-refractivity contribution in [2.24, 2.45) is 0 Å². The Kier molecular flexibility index (Phi) is 20.5. The van der Waals surface area contributed by atoms with Gasteiger partial charge in [-0.25, -0.2) is 4.79 Å². The Balaban J connectivity index is 2.52. The third kappa shape index (κ3) is 17.3. The van der Waals surface area contributed by atoms with Crippen molar-refractivity contribution < 1.29 is 29.1 Å². The fraction of sp³-hybridized carbons (Fsp3) is 0.821. The van der Waals surface area contributed by atoms with E-state index in [9.17, 15) is 29.1 Å². The van der Waals surface area contributed by atoms with E-state index in [1.807, 2.05) is 18.7 Å². The molecule has 0 bridgehead atoms. The minimum Gasteiger partial charge on any atom is -0.480 e. The van der Waals surface area contributed by atoms with Crippen LogP contribution in [0.15, 0.2) is 0 Å². The van der Waals surface area contributed by atoms with Crippen LogP contribution >= 0.6 is 45.1 Å². The largest absolute Gasteiger partial charge is 0.480 e. The summed E-state index contributed by atoms with van der Waals surface area (Å²) >= 11 is 4.10. The molecular formula is C28H48N2O6S4. The molecule has 1 aliphatic rings. The molecule has 0 heterocycles. The molecule has 1 saturated carbocycles. The molecule has 1 rings (SSSR count). The second-order valence-electron chi connectivity index (χ2n) is 10.4. The highest BCUT2D eigenvalue weighted by atomic mass is 33.1. The van der Waals surface area contributed by atoms with Gasteiger partial charge in [0, 0.05) is 53.7 Å². The summed E-state index contributed by atoms with van der Waals surface area (Å²) < 4.78 is 0. The highest BCUT2D eigenvalue weighted by molar-refractivity contribution is 8.76. The van der Waals surface area contributed by atoms with Crippen LogP contribution in [0, 0.1) is 0 Å². The quantitative estimate of drug-likeness (QED) is 0.0907. The van der Waals surface area contributed by atoms with Crippen LogP contribution in [0.5, 0.6) is 0 Å². The van der Waals surface area contributed by atoms with Gasteiger partial charge in [0.25, 0.3) is 0 Å². The van der Waals surface area contributed by atoms with Crippen molar-refractivity contribution in [3.63, 3.8) is 0 Å². The minimum atomic E-state index is -1.14. The molecule has 0 saturated heterocycles. The van der Waals surface area contributed by atoms with Crippen LogP contribution in [0.25, 0.3) is 0 Å². The van der Waals surface area contributed by atoms with Gasteiger partial charge in [0.2, 0.25) is 5.91 Å². The maximum Gasteiger partial charge on any atom is 0.327 e. The number of carboxylic acid groups (broad SMARTS) is 1. The zero-order chi connectivity index (χ0) is 29.9. The Morgan fingerprint density at radius 1 is 0.825 bits per heavy atom. The van der Waals surface area contributed by atoms with Gasteiger partial charge in [-0.05, 0) is 64.4 Å². The number of amides is 1. The smallest absolute Gasteiger partial charge is 0.327 e. The van der Waals surface area contributed by atoms with Gasteiger partial charge in [-0.2, -0.15) is 23.5 Å². The summed E-state index contributed by atoms with van der Waals surface area (Å²) in [6.45, 7) is 7.15. The van der Waals surface area contributed by atoms with Crippen LogP contribution in [0.1, 0.15) is 91.9 Å². The number of hydrogen-bond acceptors (Lipinski definition) is 10. The third-order valence-electron chi connectivity index (χ3n) is 6.57. The number of Topliss-reactive ketones (excluding diaryl/α,β-unsaturated/α-hetero) is 3. The van der Waals surface area contributed by atoms with Crippen LogP contribution in [0.3, 0.4) is 0 Å². The summed E-state index contributed by atoms with van der Waals surface area (Å²) in [5, 5.41) is 16.8. The summed E-state index contributed by atoms with van der Waals surface area (Å²) in [7, 11) is 2.70. The van der Waals surface area contributed by atoms with Gasteiger partial charge in [-0.15, -0.1) is 0 Å². The molecule has 0 aromatic carbocycles. The second kappa shape index (κ2) is 21.9. The van der Waals surface area contributed by atoms with Crippen LogP contribution in [-0.2, 0) is 24.0 Å². The van der Waals surface area contributed by atoms with Crippen molar-refractivity contribution in [2.45, 2.75) is 121 Å². The lowest BCUT2D eigenvalue weighted by atomic mass is 9.99. The molecule has 12 heteroatoms. The van der Waals surface area contributed by atoms with Crippen molar-refractivity contribution in [1.29, 1.82) is 0 Å². The molecule has 0 radical (unpaired) electrons. The topological polar surface area (TPSA) is 130 Å². The van der Waals surface area contributed by atoms with E-state index >= 15 is 0 Å². The number of rotatable bonds is 25. The summed E-state index contributed by atoms with van der Waals surface area (Å²) in [4.78, 5) is 59.2. The predicted molar refractivity (Wildman–Crippen MR) is 172 cm³/mol. The first-order valence-electron chi connectivity index (χ1n) is 14.3. The average Bonchev–Trinajstić information content (AvgIpc) is 2.88. The summed E-state index contributed by atoms with van der Waals surface area (Å²) in [6, 6.07) is -1.46. The number of nitrogens with one attached hydrogen (secondary N) is 2. The Morgan fingerprint density at radius 3 is 1.93 bits per heavy atom. The summed E-state index contributed by atoms with van der Waals surface area (Å²) in [5.74, 6) is 1.34. The van der Waals surface area contributed by atoms with Crippen LogP contribution in [-0.4, -0.2) is 86.0 Å². The van der Waals surface area contributed by atoms with E-state index in [-0.39, 0.29) is 48.0 Å². The molecule has 0 spiro atoms. The normalized spacial score (nSPS) is 18.8. The molecule has 1 aliphatic carbocycles. The van der Waals surface area contributed by atoms with Gasteiger partial charge >= 0.3 is 5.97 Å². The monoisotopic (exact) mass is 636 g/mol. The van der Waals surface area contributed by atoms with Crippen LogP contribution < -0.4 is 10.6 Å². The molecule has 40 heavy (non-hydrogen) atoms. The molecule has 5 atom stereocenters. The van der Waals surface area contributed by atoms with Gasteiger partial charge in [-0.3, -0.25) is 9.59 Å². The van der Waals surface area contributed by atoms with Crippen molar-refractivity contribution in [3.8, 4) is 0 Å². The fourth-order valence-electron chi connectivity index (χ4n) is 3.90. The van der Waals surface area contributed by atoms with E-state index in [1.54, 1.807) is 6.92 Å². The molecular weight excluding hydrogens is 589 g/mol. The molecule has 8 nitrogen and oxygen atoms in total. The molecule has 230 valence electrons. The van der Waals surface area contributed by atoms with Crippen molar-refractivity contribution in [2.75, 3.05) is 23.0 Å². The molecule has 0 aromatic rings. The predicted octanol–water partition coefficient (Wildman–Crippen LogP) is 5.17. The SMILES string of the molecule is CCCCSC1CCC1SCCCC(=O)C(CSSCC(NC(=O)CCC(C)=O)C(=O)O)NC(C)CCC(C)=O. The summed E-state index contributed by atoms with van der Waals surface area (Å²) in [5.41, 5.74) is 0. The molecule has 1 amide bonds. The lowest BCUT2D eigenvalue weighted by Gasteiger charge is -2.35. The van der Waals surface area contributed by atoms with Gasteiger partial charge in [0.1, 0.15) is 17.6 Å². The molecule has 5 unspecified atom stereocenters. The van der Waals surface area contributed by atoms with E-state index in [1.165, 1.54) is 59.9 Å². The zero-order valence-electron chi connectivity index (χ0n) is 24.4. The highest BCUT2D eigenvalue weighted by Gasteiger charge is 2.31. The first-order chi connectivity index (χ1) is 19.0. The Bertz CT molecular complexity index is 816. The maximum absolute atomic E-state index is 13.1. The van der Waals surface area contributed by atoms with E-state index in [2.05, 4.69) is 29.3 Å². The number of unbranched alkanes of at least 4 members (excludes halogenated alkanes) is 1. The number of carbonyl (C=O) groups is 5. The first-order valence-corrected chi connectivity index (χ1v) is 18.9. The molecule has 3 N–H and O–H groups in total. The molecule has 0 aromatic heterocycles. The number of ketones is 3. The Hall–Kier alpha value is -0.690. The zero-order valence-corrected chi connectivity index (χ0v) is 27.7. The third-order valence-corrected chi connectivity index (χ3v) is 12.2. The Morgan fingerprint density at radius 2 is 1.40 bits per heavy atom. The van der Waals surface area contributed by atoms with Crippen LogP contribution in [0.4, 0.5) is 0 Å². The van der Waals surface area contributed by atoms with E-state index in [0.717, 1.165) is 17.4 Å². The second-order valence-corrected chi connectivity index (χ2v) is 15.7. The number of carbonyl (C=O) groups excluding carboxylic acids is 4. The number of thioether (sulfide) groups is 2. The van der Waals surface area contributed by atoms with E-state index in [0.29, 0.717) is 30.3 Å². The van der Waals surface area contributed by atoms with Crippen molar-refractivity contribution in [1.82, 2.24) is 10.6 Å². The first kappa shape index (κ1) is 37.3. The minimum absolute atomic E-state index is 0.000961. The lowest BCUT2D eigenvalue weighted by Crippen LogP contribution is -2.44. The number of hydrogen-bond donors (Lipinski definition) is 3. The van der Waals surface area contributed by atoms with Crippen molar-refractivity contribution >= 4 is 74.3 Å². The standard InChI is InChI=1S/C28H48N2O6S4/c1-5-6-15-37-25-12-13-26(25)38-16-7-8-24(33)22(29-19(2)9-10-20(3)31)17-39-40-18-23(28(35)36)30-27(34)14-11-21(4)32/h19,22-23,25-26,29H,5-18H2,1-4H3,(H,30,34)(H,35,36). The maximum atomic E-state index is 13.1. The van der Waals surface area contributed by atoms with E-state index in [4.69, 9.17) is 0 Å². The van der Waals surface area contributed by atoms with Crippen molar-refractivity contribution in [3.05, 3.63) is 0 Å². The van der Waals surface area contributed by atoms with Gasteiger partial charge in [-0.1, -0.05) is 34.9 Å². The Labute approximate surface area is 256 Å². The average molecular weight is 637 g/mol. The number of carboxylic acids is 1. The number of aliphatic carboxylic acids is 1. The lowest BCUT2D eigenvalue weighted by molar-refractivity contribution is -0.141. The van der Waals surface area contributed by atoms with Gasteiger partial charge in [0.05, 0.1) is 6.04 Å². The van der Waals surface area contributed by atoms with Gasteiger partial charge < -0.3 is 25.3 Å². The molecule has 0 aliphatic heterocycles. The van der Waals surface area contributed by atoms with E-state index < -0.39 is 17.9 Å².